The van der Waals surface area contributed by atoms with Gasteiger partial charge in [-0.3, -0.25) is 0 Å². The van der Waals surface area contributed by atoms with Crippen LogP contribution in [0.3, 0.4) is 0 Å². The molecule has 2 heterocycles. The SMILES string of the molecule is CC1=CCN(c2nc3ccccc3cc2CO)CC1. The van der Waals surface area contributed by atoms with Crippen molar-refractivity contribution < 1.29 is 5.11 Å². The smallest absolute Gasteiger partial charge is 0.135 e. The second-order valence-corrected chi connectivity index (χ2v) is 5.07. The molecule has 0 saturated carbocycles. The summed E-state index contributed by atoms with van der Waals surface area (Å²) in [6.45, 7) is 4.05. The molecule has 1 aliphatic rings. The maximum absolute atomic E-state index is 9.58. The molecule has 0 fully saturated rings. The lowest BCUT2D eigenvalue weighted by atomic mass is 10.1. The predicted molar refractivity (Wildman–Crippen MR) is 78.3 cm³/mol. The van der Waals surface area contributed by atoms with Gasteiger partial charge in [-0.25, -0.2) is 4.98 Å². The number of aliphatic hydroxyl groups excluding tert-OH is 1. The summed E-state index contributed by atoms with van der Waals surface area (Å²) < 4.78 is 0. The van der Waals surface area contributed by atoms with Crippen molar-refractivity contribution in [2.75, 3.05) is 18.0 Å². The second kappa shape index (κ2) is 5.02. The Labute approximate surface area is 113 Å². The van der Waals surface area contributed by atoms with Gasteiger partial charge in [0.2, 0.25) is 0 Å². The van der Waals surface area contributed by atoms with E-state index in [4.69, 9.17) is 4.98 Å². The molecule has 0 atom stereocenters. The number of nitrogens with zero attached hydrogens (tertiary/aromatic N) is 2. The normalized spacial score (nSPS) is 15.7. The van der Waals surface area contributed by atoms with Crippen molar-refractivity contribution in [3.8, 4) is 0 Å². The van der Waals surface area contributed by atoms with Gasteiger partial charge in [0.15, 0.2) is 0 Å². The topological polar surface area (TPSA) is 36.4 Å². The van der Waals surface area contributed by atoms with Crippen molar-refractivity contribution in [1.29, 1.82) is 0 Å². The molecule has 1 aliphatic heterocycles. The Balaban J connectivity index is 2.06. The van der Waals surface area contributed by atoms with E-state index in [1.165, 1.54) is 5.57 Å². The number of pyridine rings is 1. The van der Waals surface area contributed by atoms with Crippen LogP contribution in [-0.2, 0) is 6.61 Å². The van der Waals surface area contributed by atoms with E-state index in [9.17, 15) is 5.11 Å². The molecule has 1 N–H and O–H groups in total. The molecule has 2 aromatic rings. The van der Waals surface area contributed by atoms with Crippen molar-refractivity contribution in [2.45, 2.75) is 20.0 Å². The number of aliphatic hydroxyl groups is 1. The number of hydrogen-bond donors (Lipinski definition) is 1. The van der Waals surface area contributed by atoms with Crippen LogP contribution in [0.1, 0.15) is 18.9 Å². The molecule has 0 aliphatic carbocycles. The third-order valence-corrected chi connectivity index (χ3v) is 3.69. The maximum atomic E-state index is 9.58. The summed E-state index contributed by atoms with van der Waals surface area (Å²) in [5, 5.41) is 10.7. The summed E-state index contributed by atoms with van der Waals surface area (Å²) in [4.78, 5) is 6.97. The van der Waals surface area contributed by atoms with E-state index in [2.05, 4.69) is 17.9 Å². The highest BCUT2D eigenvalue weighted by Gasteiger charge is 2.15. The van der Waals surface area contributed by atoms with Crippen molar-refractivity contribution in [2.24, 2.45) is 0 Å². The minimum Gasteiger partial charge on any atom is -0.392 e. The average molecular weight is 254 g/mol. The van der Waals surface area contributed by atoms with E-state index in [0.29, 0.717) is 0 Å². The van der Waals surface area contributed by atoms with Crippen LogP contribution >= 0.6 is 0 Å². The van der Waals surface area contributed by atoms with Gasteiger partial charge < -0.3 is 10.0 Å². The maximum Gasteiger partial charge on any atom is 0.135 e. The Kier molecular flexibility index (Phi) is 3.22. The average Bonchev–Trinajstić information content (AvgIpc) is 2.46. The van der Waals surface area contributed by atoms with E-state index in [1.807, 2.05) is 30.3 Å². The largest absolute Gasteiger partial charge is 0.392 e. The molecule has 0 unspecified atom stereocenters. The molecule has 3 nitrogen and oxygen atoms in total. The lowest BCUT2D eigenvalue weighted by Gasteiger charge is -2.28. The molecule has 19 heavy (non-hydrogen) atoms. The Bertz CT molecular complexity index is 634. The lowest BCUT2D eigenvalue weighted by Crippen LogP contribution is -2.30. The number of hydrogen-bond acceptors (Lipinski definition) is 3. The van der Waals surface area contributed by atoms with Crippen molar-refractivity contribution in [3.05, 3.63) is 47.5 Å². The highest BCUT2D eigenvalue weighted by molar-refractivity contribution is 5.81. The van der Waals surface area contributed by atoms with Crippen molar-refractivity contribution >= 4 is 16.7 Å². The van der Waals surface area contributed by atoms with E-state index in [0.717, 1.165) is 41.8 Å². The summed E-state index contributed by atoms with van der Waals surface area (Å²) in [5.41, 5.74) is 3.33. The van der Waals surface area contributed by atoms with Crippen LogP contribution in [0.4, 0.5) is 5.82 Å². The summed E-state index contributed by atoms with van der Waals surface area (Å²) in [5.74, 6) is 0.921. The van der Waals surface area contributed by atoms with Gasteiger partial charge >= 0.3 is 0 Å². The quantitative estimate of drug-likeness (QED) is 0.837. The molecule has 3 heteroatoms. The van der Waals surface area contributed by atoms with E-state index < -0.39 is 0 Å². The minimum absolute atomic E-state index is 0.0341. The first-order valence-corrected chi connectivity index (χ1v) is 6.68. The highest BCUT2D eigenvalue weighted by atomic mass is 16.3. The zero-order chi connectivity index (χ0) is 13.2. The van der Waals surface area contributed by atoms with E-state index in [1.54, 1.807) is 0 Å². The molecule has 3 rings (SSSR count). The van der Waals surface area contributed by atoms with Gasteiger partial charge in [-0.2, -0.15) is 0 Å². The van der Waals surface area contributed by atoms with Crippen LogP contribution in [0.25, 0.3) is 10.9 Å². The van der Waals surface area contributed by atoms with E-state index in [-0.39, 0.29) is 6.61 Å². The molecule has 0 spiro atoms. The van der Waals surface area contributed by atoms with Crippen LogP contribution in [0.15, 0.2) is 42.0 Å². The number of aromatic nitrogens is 1. The first kappa shape index (κ1) is 12.2. The molecular weight excluding hydrogens is 236 g/mol. The third kappa shape index (κ3) is 2.34. The molecule has 98 valence electrons. The molecule has 0 saturated heterocycles. The fourth-order valence-electron chi connectivity index (χ4n) is 2.50. The number of para-hydroxylation sites is 1. The number of benzene rings is 1. The Morgan fingerprint density at radius 1 is 1.32 bits per heavy atom. The first-order valence-electron chi connectivity index (χ1n) is 6.68. The van der Waals surface area contributed by atoms with Crippen molar-refractivity contribution in [3.63, 3.8) is 0 Å². The van der Waals surface area contributed by atoms with Gasteiger partial charge in [-0.15, -0.1) is 0 Å². The molecule has 1 aromatic carbocycles. The summed E-state index contributed by atoms with van der Waals surface area (Å²) in [7, 11) is 0. The molecule has 0 bridgehead atoms. The van der Waals surface area contributed by atoms with Crippen LogP contribution in [0.2, 0.25) is 0 Å². The van der Waals surface area contributed by atoms with Crippen LogP contribution < -0.4 is 4.90 Å². The highest BCUT2D eigenvalue weighted by Crippen LogP contribution is 2.25. The van der Waals surface area contributed by atoms with E-state index >= 15 is 0 Å². The molecule has 0 amide bonds. The van der Waals surface area contributed by atoms with Gasteiger partial charge in [0.05, 0.1) is 12.1 Å². The number of rotatable bonds is 2. The lowest BCUT2D eigenvalue weighted by molar-refractivity contribution is 0.282. The van der Waals surface area contributed by atoms with Crippen LogP contribution in [0.5, 0.6) is 0 Å². The van der Waals surface area contributed by atoms with Crippen LogP contribution in [0, 0.1) is 0 Å². The van der Waals surface area contributed by atoms with Gasteiger partial charge in [-0.05, 0) is 25.5 Å². The van der Waals surface area contributed by atoms with Crippen LogP contribution in [-0.4, -0.2) is 23.2 Å². The molecular formula is C16H18N2O. The summed E-state index contributed by atoms with van der Waals surface area (Å²) >= 11 is 0. The van der Waals surface area contributed by atoms with Gasteiger partial charge in [0, 0.05) is 24.0 Å². The fraction of sp³-hybridized carbons (Fsp3) is 0.312. The fourth-order valence-corrected chi connectivity index (χ4v) is 2.50. The predicted octanol–water partition coefficient (Wildman–Crippen LogP) is 2.88. The van der Waals surface area contributed by atoms with Gasteiger partial charge in [-0.1, -0.05) is 29.8 Å². The van der Waals surface area contributed by atoms with Crippen molar-refractivity contribution in [1.82, 2.24) is 4.98 Å². The Hall–Kier alpha value is -1.87. The third-order valence-electron chi connectivity index (χ3n) is 3.69. The second-order valence-electron chi connectivity index (χ2n) is 5.07. The van der Waals surface area contributed by atoms with Gasteiger partial charge in [0.25, 0.3) is 0 Å². The Morgan fingerprint density at radius 3 is 2.89 bits per heavy atom. The van der Waals surface area contributed by atoms with Gasteiger partial charge in [0.1, 0.15) is 5.82 Å². The zero-order valence-electron chi connectivity index (χ0n) is 11.1. The first-order chi connectivity index (χ1) is 9.28. The zero-order valence-corrected chi connectivity index (χ0v) is 11.1. The standard InChI is InChI=1S/C16H18N2O/c1-12-6-8-18(9-7-12)16-14(11-19)10-13-4-2-3-5-15(13)17-16/h2-6,10,19H,7-9,11H2,1H3. The monoisotopic (exact) mass is 254 g/mol. The molecule has 0 radical (unpaired) electrons. The number of anilines is 1. The minimum atomic E-state index is 0.0341. The summed E-state index contributed by atoms with van der Waals surface area (Å²) in [6, 6.07) is 10.1. The molecule has 1 aromatic heterocycles. The Morgan fingerprint density at radius 2 is 2.16 bits per heavy atom. The summed E-state index contributed by atoms with van der Waals surface area (Å²) in [6.07, 6.45) is 3.31. The number of fused-ring (bicyclic) bond motifs is 1.